The van der Waals surface area contributed by atoms with Crippen molar-refractivity contribution in [1.82, 2.24) is 14.3 Å². The Morgan fingerprint density at radius 2 is 1.73 bits per heavy atom. The molecule has 6 heteroatoms. The van der Waals surface area contributed by atoms with Gasteiger partial charge in [-0.25, -0.2) is 14.3 Å². The van der Waals surface area contributed by atoms with Gasteiger partial charge < -0.3 is 5.11 Å². The number of carboxylic acids is 1. The lowest BCUT2D eigenvalue weighted by Gasteiger charge is -2.09. The first-order valence-corrected chi connectivity index (χ1v) is 10.6. The second-order valence-electron chi connectivity index (χ2n) is 7.51. The van der Waals surface area contributed by atoms with Crippen LogP contribution in [0.15, 0.2) is 53.3 Å². The van der Waals surface area contributed by atoms with Crippen LogP contribution in [0.3, 0.4) is 0 Å². The van der Waals surface area contributed by atoms with Crippen molar-refractivity contribution in [3.05, 3.63) is 76.0 Å². The zero-order valence-corrected chi connectivity index (χ0v) is 17.7. The van der Waals surface area contributed by atoms with Gasteiger partial charge in [0.05, 0.1) is 12.1 Å². The summed E-state index contributed by atoms with van der Waals surface area (Å²) in [5.41, 5.74) is 2.73. The molecule has 2 aromatic carbocycles. The Kier molecular flexibility index (Phi) is 7.22. The van der Waals surface area contributed by atoms with Crippen molar-refractivity contribution in [3.63, 3.8) is 0 Å². The molecule has 0 saturated carbocycles. The third-order valence-corrected chi connectivity index (χ3v) is 5.21. The van der Waals surface area contributed by atoms with Crippen molar-refractivity contribution >= 4 is 5.97 Å². The van der Waals surface area contributed by atoms with E-state index in [-0.39, 0.29) is 11.3 Å². The molecular weight excluding hydrogens is 378 g/mol. The molecule has 0 aliphatic rings. The summed E-state index contributed by atoms with van der Waals surface area (Å²) in [4.78, 5) is 24.4. The maximum Gasteiger partial charge on any atom is 0.346 e. The quantitative estimate of drug-likeness (QED) is 0.498. The first-order chi connectivity index (χ1) is 14.5. The number of aryl methyl sites for hydroxylation is 2. The lowest BCUT2D eigenvalue weighted by atomic mass is 9.99. The first kappa shape index (κ1) is 21.6. The Hall–Kier alpha value is -3.15. The number of hydrogen-bond donors (Lipinski definition) is 1. The fourth-order valence-corrected chi connectivity index (χ4v) is 3.60. The minimum absolute atomic E-state index is 0.0603. The fourth-order valence-electron chi connectivity index (χ4n) is 3.60. The Morgan fingerprint density at radius 1 is 1.00 bits per heavy atom. The van der Waals surface area contributed by atoms with Gasteiger partial charge >= 0.3 is 11.7 Å². The normalized spacial score (nSPS) is 11.0. The van der Waals surface area contributed by atoms with Crippen LogP contribution in [0.1, 0.15) is 61.3 Å². The molecule has 0 saturated heterocycles. The summed E-state index contributed by atoms with van der Waals surface area (Å²) in [6.45, 7) is 5.34. The van der Waals surface area contributed by atoms with Crippen LogP contribution in [-0.4, -0.2) is 25.4 Å². The van der Waals surface area contributed by atoms with Crippen molar-refractivity contribution in [2.24, 2.45) is 0 Å². The average molecular weight is 408 g/mol. The van der Waals surface area contributed by atoms with E-state index in [2.05, 4.69) is 18.9 Å². The molecule has 158 valence electrons. The summed E-state index contributed by atoms with van der Waals surface area (Å²) in [7, 11) is 0. The maximum absolute atomic E-state index is 12.9. The summed E-state index contributed by atoms with van der Waals surface area (Å²) in [5.74, 6) is -0.125. The molecule has 0 spiro atoms. The molecule has 0 radical (unpaired) electrons. The molecule has 0 amide bonds. The molecular formula is C24H29N3O3. The standard InChI is InChI=1S/C24H29N3O3/c1-3-5-8-16-27-24(30)26(22(25-27)9-4-2)17-18-12-14-19(15-13-18)20-10-6-7-11-21(20)23(28)29/h6-7,10-15H,3-5,8-9,16-17H2,1-2H3,(H,28,29). The summed E-state index contributed by atoms with van der Waals surface area (Å²) >= 11 is 0. The highest BCUT2D eigenvalue weighted by molar-refractivity contribution is 5.95. The molecule has 0 unspecified atom stereocenters. The summed E-state index contributed by atoms with van der Waals surface area (Å²) in [6, 6.07) is 14.7. The van der Waals surface area contributed by atoms with Crippen molar-refractivity contribution < 1.29 is 9.90 Å². The molecule has 3 rings (SSSR count). The van der Waals surface area contributed by atoms with E-state index in [0.717, 1.165) is 49.1 Å². The lowest BCUT2D eigenvalue weighted by Crippen LogP contribution is -2.26. The number of rotatable bonds is 10. The van der Waals surface area contributed by atoms with Gasteiger partial charge in [-0.3, -0.25) is 4.57 Å². The molecule has 1 heterocycles. The zero-order valence-electron chi connectivity index (χ0n) is 17.7. The minimum atomic E-state index is -0.944. The number of unbranched alkanes of at least 4 members (excludes halogenated alkanes) is 2. The summed E-state index contributed by atoms with van der Waals surface area (Å²) < 4.78 is 3.35. The van der Waals surface area contributed by atoms with E-state index in [1.54, 1.807) is 21.4 Å². The average Bonchev–Trinajstić information content (AvgIpc) is 3.04. The largest absolute Gasteiger partial charge is 0.478 e. The number of carboxylic acid groups (broad SMARTS) is 1. The SMILES string of the molecule is CCCCCn1nc(CCC)n(Cc2ccc(-c3ccccc3C(=O)O)cc2)c1=O. The number of carbonyl (C=O) groups is 1. The Balaban J connectivity index is 1.85. The van der Waals surface area contributed by atoms with Gasteiger partial charge in [-0.1, -0.05) is 69.2 Å². The van der Waals surface area contributed by atoms with Gasteiger partial charge in [0.25, 0.3) is 0 Å². The predicted octanol–water partition coefficient (Wildman–Crippen LogP) is 4.60. The number of aromatic carboxylic acids is 1. The zero-order chi connectivity index (χ0) is 21.5. The van der Waals surface area contributed by atoms with E-state index in [1.807, 2.05) is 36.4 Å². The van der Waals surface area contributed by atoms with Crippen molar-refractivity contribution in [2.45, 2.75) is 59.0 Å². The third kappa shape index (κ3) is 4.87. The molecule has 6 nitrogen and oxygen atoms in total. The van der Waals surface area contributed by atoms with Gasteiger partial charge in [-0.15, -0.1) is 0 Å². The molecule has 0 aliphatic carbocycles. The molecule has 0 atom stereocenters. The molecule has 30 heavy (non-hydrogen) atoms. The predicted molar refractivity (Wildman–Crippen MR) is 118 cm³/mol. The van der Waals surface area contributed by atoms with E-state index in [4.69, 9.17) is 0 Å². The monoisotopic (exact) mass is 407 g/mol. The van der Waals surface area contributed by atoms with Crippen LogP contribution < -0.4 is 5.69 Å². The molecule has 0 aliphatic heterocycles. The summed E-state index contributed by atoms with van der Waals surface area (Å²) in [5, 5.41) is 14.0. The molecule has 0 bridgehead atoms. The van der Waals surface area contributed by atoms with Gasteiger partial charge in [0.15, 0.2) is 0 Å². The van der Waals surface area contributed by atoms with E-state index < -0.39 is 5.97 Å². The van der Waals surface area contributed by atoms with Crippen LogP contribution in [0.4, 0.5) is 0 Å². The first-order valence-electron chi connectivity index (χ1n) is 10.6. The fraction of sp³-hybridized carbons (Fsp3) is 0.375. The third-order valence-electron chi connectivity index (χ3n) is 5.21. The van der Waals surface area contributed by atoms with Crippen LogP contribution in [0, 0.1) is 0 Å². The van der Waals surface area contributed by atoms with E-state index >= 15 is 0 Å². The molecule has 3 aromatic rings. The second kappa shape index (κ2) is 10.1. The number of aromatic nitrogens is 3. The van der Waals surface area contributed by atoms with Crippen molar-refractivity contribution in [3.8, 4) is 11.1 Å². The summed E-state index contributed by atoms with van der Waals surface area (Å²) in [6.07, 6.45) is 4.84. The van der Waals surface area contributed by atoms with Crippen molar-refractivity contribution in [2.75, 3.05) is 0 Å². The molecule has 1 aromatic heterocycles. The van der Waals surface area contributed by atoms with Crippen LogP contribution in [0.25, 0.3) is 11.1 Å². The number of hydrogen-bond acceptors (Lipinski definition) is 3. The van der Waals surface area contributed by atoms with Crippen LogP contribution in [-0.2, 0) is 19.5 Å². The van der Waals surface area contributed by atoms with Gasteiger partial charge in [0.2, 0.25) is 0 Å². The highest BCUT2D eigenvalue weighted by Gasteiger charge is 2.14. The topological polar surface area (TPSA) is 77.1 Å². The van der Waals surface area contributed by atoms with E-state index in [0.29, 0.717) is 18.7 Å². The van der Waals surface area contributed by atoms with E-state index in [9.17, 15) is 14.7 Å². The Morgan fingerprint density at radius 3 is 2.40 bits per heavy atom. The highest BCUT2D eigenvalue weighted by Crippen LogP contribution is 2.24. The maximum atomic E-state index is 12.9. The van der Waals surface area contributed by atoms with Crippen LogP contribution in [0.2, 0.25) is 0 Å². The molecule has 0 fully saturated rings. The minimum Gasteiger partial charge on any atom is -0.478 e. The van der Waals surface area contributed by atoms with Gasteiger partial charge in [-0.2, -0.15) is 5.10 Å². The second-order valence-corrected chi connectivity index (χ2v) is 7.51. The van der Waals surface area contributed by atoms with Crippen molar-refractivity contribution in [1.29, 1.82) is 0 Å². The smallest absolute Gasteiger partial charge is 0.346 e. The van der Waals surface area contributed by atoms with Crippen LogP contribution in [0.5, 0.6) is 0 Å². The van der Waals surface area contributed by atoms with Gasteiger partial charge in [-0.05, 0) is 35.6 Å². The highest BCUT2D eigenvalue weighted by atomic mass is 16.4. The van der Waals surface area contributed by atoms with Gasteiger partial charge in [0.1, 0.15) is 5.82 Å². The lowest BCUT2D eigenvalue weighted by molar-refractivity contribution is 0.0697. The Bertz CT molecular complexity index is 1050. The number of benzene rings is 2. The van der Waals surface area contributed by atoms with E-state index in [1.165, 1.54) is 0 Å². The number of nitrogens with zero attached hydrogens (tertiary/aromatic N) is 3. The van der Waals surface area contributed by atoms with Gasteiger partial charge in [0, 0.05) is 13.0 Å². The van der Waals surface area contributed by atoms with Crippen LogP contribution >= 0.6 is 0 Å². The molecule has 1 N–H and O–H groups in total. The Labute approximate surface area is 176 Å².